The third-order valence-electron chi connectivity index (χ3n) is 4.83. The van der Waals surface area contributed by atoms with Crippen LogP contribution >= 0.6 is 44.3 Å². The van der Waals surface area contributed by atoms with E-state index < -0.39 is 0 Å². The van der Waals surface area contributed by atoms with Gasteiger partial charge < -0.3 is 15.2 Å². The largest absolute Gasteiger partial charge is 0.352 e. The molecule has 4 rings (SSSR count). The first-order chi connectivity index (χ1) is 10.7. The zero-order valence-electron chi connectivity index (χ0n) is 13.1. The van der Waals surface area contributed by atoms with E-state index in [4.69, 9.17) is 4.98 Å². The Morgan fingerprint density at radius 3 is 2.83 bits per heavy atom. The van der Waals surface area contributed by atoms with Gasteiger partial charge in [-0.2, -0.15) is 0 Å². The number of rotatable bonds is 2. The minimum Gasteiger partial charge on any atom is -0.352 e. The Bertz CT molecular complexity index is 738. The fourth-order valence-corrected chi connectivity index (χ4v) is 4.76. The van der Waals surface area contributed by atoms with Gasteiger partial charge in [0, 0.05) is 28.1 Å². The molecule has 7 heteroatoms. The van der Waals surface area contributed by atoms with E-state index in [0.717, 1.165) is 42.0 Å². The highest BCUT2D eigenvalue weighted by atomic mass is 79.9. The summed E-state index contributed by atoms with van der Waals surface area (Å²) in [6.07, 6.45) is 4.74. The molecule has 2 N–H and O–H groups in total. The number of aromatic nitrogens is 2. The maximum absolute atomic E-state index is 4.95. The lowest BCUT2D eigenvalue weighted by Gasteiger charge is -2.25. The van der Waals surface area contributed by atoms with Crippen molar-refractivity contribution in [1.29, 1.82) is 0 Å². The summed E-state index contributed by atoms with van der Waals surface area (Å²) < 4.78 is 4.73. The predicted octanol–water partition coefficient (Wildman–Crippen LogP) is 4.40. The van der Waals surface area contributed by atoms with Gasteiger partial charge in [-0.1, -0.05) is 0 Å². The molecule has 0 aliphatic carbocycles. The Kier molecular flexibility index (Phi) is 5.26. The summed E-state index contributed by atoms with van der Waals surface area (Å²) in [5, 5.41) is 7.14. The lowest BCUT2D eigenvalue weighted by molar-refractivity contribution is 0.475. The Labute approximate surface area is 159 Å². The average molecular weight is 465 g/mol. The molecule has 2 aliphatic heterocycles. The van der Waals surface area contributed by atoms with Crippen LogP contribution in [0.15, 0.2) is 8.95 Å². The molecule has 126 valence electrons. The van der Waals surface area contributed by atoms with Gasteiger partial charge in [0.1, 0.15) is 0 Å². The van der Waals surface area contributed by atoms with Crippen molar-refractivity contribution >= 4 is 61.2 Å². The third-order valence-corrected chi connectivity index (χ3v) is 7.23. The molecule has 0 amide bonds. The van der Waals surface area contributed by atoms with Crippen LogP contribution < -0.4 is 10.6 Å². The van der Waals surface area contributed by atoms with Crippen LogP contribution in [-0.2, 0) is 13.0 Å². The van der Waals surface area contributed by atoms with Crippen LogP contribution in [0.4, 0.5) is 5.95 Å². The molecule has 1 saturated heterocycles. The van der Waals surface area contributed by atoms with E-state index in [9.17, 15) is 0 Å². The van der Waals surface area contributed by atoms with E-state index in [1.165, 1.54) is 40.4 Å². The van der Waals surface area contributed by atoms with E-state index in [1.54, 1.807) is 0 Å². The highest BCUT2D eigenvalue weighted by Crippen LogP contribution is 2.41. The highest BCUT2D eigenvalue weighted by molar-refractivity contribution is 9.13. The quantitative estimate of drug-likeness (QED) is 0.692. The van der Waals surface area contributed by atoms with Crippen molar-refractivity contribution in [2.45, 2.75) is 45.2 Å². The first-order valence-corrected chi connectivity index (χ1v) is 9.59. The molecular formula is C16H21Br2ClN4. The summed E-state index contributed by atoms with van der Waals surface area (Å²) in [5.74, 6) is 1.04. The lowest BCUT2D eigenvalue weighted by Crippen LogP contribution is -2.39. The van der Waals surface area contributed by atoms with Crippen LogP contribution in [0.5, 0.6) is 0 Å². The van der Waals surface area contributed by atoms with Gasteiger partial charge in [0.2, 0.25) is 5.95 Å². The lowest BCUT2D eigenvalue weighted by atomic mass is 10.0. The molecule has 1 aromatic carbocycles. The molecule has 1 aromatic heterocycles. The molecule has 2 aliphatic rings. The topological polar surface area (TPSA) is 41.9 Å². The maximum Gasteiger partial charge on any atom is 0.204 e. The maximum atomic E-state index is 4.95. The first-order valence-electron chi connectivity index (χ1n) is 8.00. The summed E-state index contributed by atoms with van der Waals surface area (Å²) in [6.45, 7) is 5.37. The van der Waals surface area contributed by atoms with Gasteiger partial charge in [-0.15, -0.1) is 12.4 Å². The van der Waals surface area contributed by atoms with Gasteiger partial charge >= 0.3 is 0 Å². The minimum atomic E-state index is 0. The number of aryl methyl sites for hydroxylation is 3. The van der Waals surface area contributed by atoms with Crippen molar-refractivity contribution in [2.24, 2.45) is 0 Å². The monoisotopic (exact) mass is 462 g/mol. The fraction of sp³-hybridized carbons (Fsp3) is 0.562. The number of imidazole rings is 1. The molecule has 4 nitrogen and oxygen atoms in total. The number of nitrogens with zero attached hydrogens (tertiary/aromatic N) is 2. The molecule has 2 aromatic rings. The van der Waals surface area contributed by atoms with Gasteiger partial charge in [0.25, 0.3) is 0 Å². The molecule has 23 heavy (non-hydrogen) atoms. The Morgan fingerprint density at radius 2 is 2.09 bits per heavy atom. The Morgan fingerprint density at radius 1 is 1.26 bits per heavy atom. The fourth-order valence-electron chi connectivity index (χ4n) is 3.65. The molecule has 0 spiro atoms. The number of anilines is 1. The van der Waals surface area contributed by atoms with Gasteiger partial charge in [-0.25, -0.2) is 4.98 Å². The number of halogens is 3. The summed E-state index contributed by atoms with van der Waals surface area (Å²) in [4.78, 5) is 4.95. The van der Waals surface area contributed by atoms with E-state index in [2.05, 4.69) is 54.0 Å². The molecule has 0 bridgehead atoms. The van der Waals surface area contributed by atoms with Crippen LogP contribution in [0.1, 0.15) is 30.4 Å². The summed E-state index contributed by atoms with van der Waals surface area (Å²) in [7, 11) is 0. The van der Waals surface area contributed by atoms with E-state index in [0.29, 0.717) is 6.04 Å². The molecule has 3 heterocycles. The zero-order valence-corrected chi connectivity index (χ0v) is 17.1. The number of benzene rings is 1. The van der Waals surface area contributed by atoms with Gasteiger partial charge in [-0.05, 0) is 82.1 Å². The Balaban J connectivity index is 0.00000156. The highest BCUT2D eigenvalue weighted by Gasteiger charge is 2.25. The SMILES string of the molecule is Cc1c(Br)c(Br)c2c3c1nc(N[C@@H]1CCCNC1)n3CCC2.Cl. The van der Waals surface area contributed by atoms with Gasteiger partial charge in [0.05, 0.1) is 11.0 Å². The summed E-state index contributed by atoms with van der Waals surface area (Å²) >= 11 is 7.49. The van der Waals surface area contributed by atoms with Crippen LogP contribution in [-0.4, -0.2) is 28.7 Å². The number of nitrogens with one attached hydrogen (secondary N) is 2. The van der Waals surface area contributed by atoms with E-state index >= 15 is 0 Å². The van der Waals surface area contributed by atoms with Crippen LogP contribution in [0.2, 0.25) is 0 Å². The second-order valence-corrected chi connectivity index (χ2v) is 7.89. The van der Waals surface area contributed by atoms with Crippen LogP contribution in [0.3, 0.4) is 0 Å². The van der Waals surface area contributed by atoms with E-state index in [-0.39, 0.29) is 12.4 Å². The standard InChI is InChI=1S/C16H20Br2N4.ClH/c1-9-12(17)13(18)11-5-3-7-22-15(11)14(9)21-16(22)20-10-4-2-6-19-8-10;/h10,19H,2-8H2,1H3,(H,20,21);1H/t10-;/m1./s1. The normalized spacial score (nSPS) is 20.4. The second kappa shape index (κ2) is 6.90. The molecule has 0 saturated carbocycles. The smallest absolute Gasteiger partial charge is 0.204 e. The van der Waals surface area contributed by atoms with Crippen molar-refractivity contribution in [3.63, 3.8) is 0 Å². The molecule has 1 atom stereocenters. The first kappa shape index (κ1) is 17.5. The third kappa shape index (κ3) is 2.92. The van der Waals surface area contributed by atoms with Crippen molar-refractivity contribution in [1.82, 2.24) is 14.9 Å². The van der Waals surface area contributed by atoms with Crippen LogP contribution in [0.25, 0.3) is 11.0 Å². The minimum absolute atomic E-state index is 0. The van der Waals surface area contributed by atoms with Crippen molar-refractivity contribution in [3.8, 4) is 0 Å². The van der Waals surface area contributed by atoms with Gasteiger partial charge in [0.15, 0.2) is 0 Å². The van der Waals surface area contributed by atoms with Crippen molar-refractivity contribution < 1.29 is 0 Å². The average Bonchev–Trinajstić information content (AvgIpc) is 2.91. The van der Waals surface area contributed by atoms with E-state index in [1.807, 2.05) is 0 Å². The zero-order chi connectivity index (χ0) is 15.3. The molecular weight excluding hydrogens is 443 g/mol. The molecule has 1 fully saturated rings. The number of hydrogen-bond acceptors (Lipinski definition) is 3. The van der Waals surface area contributed by atoms with Crippen molar-refractivity contribution in [3.05, 3.63) is 20.1 Å². The number of piperidine rings is 1. The predicted molar refractivity (Wildman–Crippen MR) is 105 cm³/mol. The van der Waals surface area contributed by atoms with Crippen LogP contribution in [0, 0.1) is 6.92 Å². The van der Waals surface area contributed by atoms with Crippen molar-refractivity contribution in [2.75, 3.05) is 18.4 Å². The molecule has 0 radical (unpaired) electrons. The Hall–Kier alpha value is -0.300. The number of hydrogen-bond donors (Lipinski definition) is 2. The summed E-state index contributed by atoms with van der Waals surface area (Å²) in [5.41, 5.74) is 5.05. The summed E-state index contributed by atoms with van der Waals surface area (Å²) in [6, 6.07) is 0.486. The molecule has 0 unspecified atom stereocenters. The second-order valence-electron chi connectivity index (χ2n) is 6.31. The van der Waals surface area contributed by atoms with Gasteiger partial charge in [-0.3, -0.25) is 0 Å².